The summed E-state index contributed by atoms with van der Waals surface area (Å²) in [6, 6.07) is 4.25. The Morgan fingerprint density at radius 3 is 2.81 bits per heavy atom. The van der Waals surface area contributed by atoms with E-state index >= 15 is 0 Å². The van der Waals surface area contributed by atoms with E-state index in [1.165, 1.54) is 11.1 Å². The molecule has 0 amide bonds. The van der Waals surface area contributed by atoms with Crippen molar-refractivity contribution in [1.82, 2.24) is 10.2 Å². The zero-order valence-corrected chi connectivity index (χ0v) is 14.5. The highest BCUT2D eigenvalue weighted by atomic mass is 79.9. The maximum atomic E-state index is 6.08. The van der Waals surface area contributed by atoms with Crippen molar-refractivity contribution < 1.29 is 9.47 Å². The lowest BCUT2D eigenvalue weighted by Crippen LogP contribution is -2.38. The van der Waals surface area contributed by atoms with Gasteiger partial charge in [0.1, 0.15) is 12.4 Å². The van der Waals surface area contributed by atoms with E-state index < -0.39 is 0 Å². The van der Waals surface area contributed by atoms with E-state index in [0.29, 0.717) is 0 Å². The summed E-state index contributed by atoms with van der Waals surface area (Å²) in [6.45, 7) is 11.4. The Kier molecular flexibility index (Phi) is 6.96. The molecule has 1 aliphatic rings. The molecule has 0 unspecified atom stereocenters. The molecule has 2 rings (SSSR count). The number of halogens is 1. The van der Waals surface area contributed by atoms with Gasteiger partial charge in [0, 0.05) is 36.2 Å². The molecule has 0 saturated carbocycles. The number of ether oxygens (including phenoxy) is 2. The van der Waals surface area contributed by atoms with Gasteiger partial charge >= 0.3 is 0 Å². The van der Waals surface area contributed by atoms with E-state index in [0.717, 1.165) is 62.8 Å². The second-order valence-corrected chi connectivity index (χ2v) is 6.21. The molecular weight excluding hydrogens is 332 g/mol. The molecule has 21 heavy (non-hydrogen) atoms. The van der Waals surface area contributed by atoms with E-state index in [-0.39, 0.29) is 0 Å². The highest BCUT2D eigenvalue weighted by Crippen LogP contribution is 2.28. The third kappa shape index (κ3) is 5.25. The van der Waals surface area contributed by atoms with Crippen molar-refractivity contribution in [2.45, 2.75) is 20.4 Å². The number of nitrogens with one attached hydrogen (secondary N) is 1. The molecule has 1 heterocycles. The molecule has 1 aromatic carbocycles. The first-order chi connectivity index (χ1) is 10.2. The molecule has 0 bridgehead atoms. The van der Waals surface area contributed by atoms with Crippen LogP contribution in [0.25, 0.3) is 0 Å². The molecule has 118 valence electrons. The average molecular weight is 357 g/mol. The van der Waals surface area contributed by atoms with E-state index in [4.69, 9.17) is 9.47 Å². The van der Waals surface area contributed by atoms with Gasteiger partial charge in [0.2, 0.25) is 0 Å². The lowest BCUT2D eigenvalue weighted by Gasteiger charge is -2.26. The fourth-order valence-electron chi connectivity index (χ4n) is 2.50. The summed E-state index contributed by atoms with van der Waals surface area (Å²) < 4.78 is 12.5. The van der Waals surface area contributed by atoms with Crippen molar-refractivity contribution in [3.05, 3.63) is 27.7 Å². The Labute approximate surface area is 135 Å². The molecule has 1 fully saturated rings. The minimum atomic E-state index is 0.724. The minimum Gasteiger partial charge on any atom is -0.492 e. The zero-order valence-electron chi connectivity index (χ0n) is 13.0. The molecule has 0 aliphatic carbocycles. The molecule has 1 N–H and O–H groups in total. The van der Waals surface area contributed by atoms with Crippen molar-refractivity contribution >= 4 is 15.9 Å². The Hall–Kier alpha value is -0.620. The maximum Gasteiger partial charge on any atom is 0.126 e. The van der Waals surface area contributed by atoms with Crippen molar-refractivity contribution in [2.24, 2.45) is 0 Å². The van der Waals surface area contributed by atoms with Crippen molar-refractivity contribution in [3.63, 3.8) is 0 Å². The molecule has 0 atom stereocenters. The molecule has 1 saturated heterocycles. The number of benzene rings is 1. The SMILES string of the molecule is CCNCc1cc(Br)cc(C)c1OCCN1CCOCC1. The predicted molar refractivity (Wildman–Crippen MR) is 89.0 cm³/mol. The van der Waals surface area contributed by atoms with Crippen LogP contribution in [0.1, 0.15) is 18.1 Å². The van der Waals surface area contributed by atoms with Crippen LogP contribution in [0, 0.1) is 6.92 Å². The number of aryl methyl sites for hydroxylation is 1. The topological polar surface area (TPSA) is 33.7 Å². The van der Waals surface area contributed by atoms with E-state index in [1.54, 1.807) is 0 Å². The fourth-order valence-corrected chi connectivity index (χ4v) is 3.12. The lowest BCUT2D eigenvalue weighted by molar-refractivity contribution is 0.0321. The number of hydrogen-bond donors (Lipinski definition) is 1. The molecule has 1 aromatic rings. The van der Waals surface area contributed by atoms with Crippen LogP contribution in [0.4, 0.5) is 0 Å². The van der Waals surface area contributed by atoms with Crippen LogP contribution in [0.15, 0.2) is 16.6 Å². The van der Waals surface area contributed by atoms with Gasteiger partial charge in [-0.3, -0.25) is 4.90 Å². The first kappa shape index (κ1) is 16.7. The predicted octanol–water partition coefficient (Wildman–Crippen LogP) is 2.58. The molecule has 0 spiro atoms. The maximum absolute atomic E-state index is 6.08. The van der Waals surface area contributed by atoms with Crippen LogP contribution in [-0.4, -0.2) is 50.9 Å². The van der Waals surface area contributed by atoms with Gasteiger partial charge in [-0.05, 0) is 31.2 Å². The van der Waals surface area contributed by atoms with E-state index in [1.807, 2.05) is 0 Å². The summed E-state index contributed by atoms with van der Waals surface area (Å²) >= 11 is 3.56. The Morgan fingerprint density at radius 1 is 1.33 bits per heavy atom. The quantitative estimate of drug-likeness (QED) is 0.813. The van der Waals surface area contributed by atoms with Gasteiger partial charge in [-0.25, -0.2) is 0 Å². The van der Waals surface area contributed by atoms with Crippen LogP contribution in [-0.2, 0) is 11.3 Å². The van der Waals surface area contributed by atoms with Gasteiger partial charge in [0.15, 0.2) is 0 Å². The Balaban J connectivity index is 1.93. The molecule has 1 aliphatic heterocycles. The first-order valence-corrected chi connectivity index (χ1v) is 8.42. The van der Waals surface area contributed by atoms with E-state index in [2.05, 4.69) is 52.1 Å². The van der Waals surface area contributed by atoms with Crippen LogP contribution in [0.2, 0.25) is 0 Å². The Morgan fingerprint density at radius 2 is 2.10 bits per heavy atom. The van der Waals surface area contributed by atoms with Gasteiger partial charge < -0.3 is 14.8 Å². The standard InChI is InChI=1S/C16H25BrN2O2/c1-3-18-12-14-11-15(17)10-13(2)16(14)21-9-6-19-4-7-20-8-5-19/h10-11,18H,3-9,12H2,1-2H3. The summed E-state index contributed by atoms with van der Waals surface area (Å²) in [4.78, 5) is 2.39. The summed E-state index contributed by atoms with van der Waals surface area (Å²) in [5, 5.41) is 3.37. The van der Waals surface area contributed by atoms with Crippen LogP contribution < -0.4 is 10.1 Å². The normalized spacial score (nSPS) is 16.1. The number of nitrogens with zero attached hydrogens (tertiary/aromatic N) is 1. The summed E-state index contributed by atoms with van der Waals surface area (Å²) in [5.41, 5.74) is 2.39. The summed E-state index contributed by atoms with van der Waals surface area (Å²) in [5.74, 6) is 1.02. The number of rotatable bonds is 7. The minimum absolute atomic E-state index is 0.724. The van der Waals surface area contributed by atoms with Crippen LogP contribution >= 0.6 is 15.9 Å². The van der Waals surface area contributed by atoms with Gasteiger partial charge in [-0.2, -0.15) is 0 Å². The molecule has 0 aromatic heterocycles. The van der Waals surface area contributed by atoms with Crippen molar-refractivity contribution in [3.8, 4) is 5.75 Å². The fraction of sp³-hybridized carbons (Fsp3) is 0.625. The number of morpholine rings is 1. The molecule has 5 heteroatoms. The highest BCUT2D eigenvalue weighted by molar-refractivity contribution is 9.10. The first-order valence-electron chi connectivity index (χ1n) is 7.63. The third-order valence-electron chi connectivity index (χ3n) is 3.64. The van der Waals surface area contributed by atoms with Crippen LogP contribution in [0.3, 0.4) is 0 Å². The lowest BCUT2D eigenvalue weighted by atomic mass is 10.1. The second-order valence-electron chi connectivity index (χ2n) is 5.29. The summed E-state index contributed by atoms with van der Waals surface area (Å²) in [7, 11) is 0. The Bertz CT molecular complexity index is 448. The zero-order chi connectivity index (χ0) is 15.1. The molecule has 4 nitrogen and oxygen atoms in total. The van der Waals surface area contributed by atoms with Crippen molar-refractivity contribution in [2.75, 3.05) is 46.0 Å². The highest BCUT2D eigenvalue weighted by Gasteiger charge is 2.12. The van der Waals surface area contributed by atoms with Gasteiger partial charge in [-0.1, -0.05) is 22.9 Å². The van der Waals surface area contributed by atoms with Gasteiger partial charge in [0.05, 0.1) is 13.2 Å². The largest absolute Gasteiger partial charge is 0.492 e. The second kappa shape index (κ2) is 8.73. The molecule has 0 radical (unpaired) electrons. The van der Waals surface area contributed by atoms with Gasteiger partial charge in [0.25, 0.3) is 0 Å². The van der Waals surface area contributed by atoms with Crippen LogP contribution in [0.5, 0.6) is 5.75 Å². The third-order valence-corrected chi connectivity index (χ3v) is 4.10. The summed E-state index contributed by atoms with van der Waals surface area (Å²) in [6.07, 6.45) is 0. The number of hydrogen-bond acceptors (Lipinski definition) is 4. The monoisotopic (exact) mass is 356 g/mol. The van der Waals surface area contributed by atoms with Crippen molar-refractivity contribution in [1.29, 1.82) is 0 Å². The smallest absolute Gasteiger partial charge is 0.126 e. The average Bonchev–Trinajstić information content (AvgIpc) is 2.48. The van der Waals surface area contributed by atoms with E-state index in [9.17, 15) is 0 Å². The van der Waals surface area contributed by atoms with Gasteiger partial charge in [-0.15, -0.1) is 0 Å². The molecular formula is C16H25BrN2O2.